The van der Waals surface area contributed by atoms with E-state index in [-0.39, 0.29) is 5.92 Å². The summed E-state index contributed by atoms with van der Waals surface area (Å²) in [6, 6.07) is 16.2. The normalized spacial score (nSPS) is 12.7. The number of aromatic amines is 1. The lowest BCUT2D eigenvalue weighted by molar-refractivity contribution is 0.687. The Kier molecular flexibility index (Phi) is 7.96. The van der Waals surface area contributed by atoms with Crippen molar-refractivity contribution < 1.29 is 0 Å². The molecule has 0 bridgehead atoms. The summed E-state index contributed by atoms with van der Waals surface area (Å²) in [7, 11) is 0. The van der Waals surface area contributed by atoms with Gasteiger partial charge in [0.25, 0.3) is 0 Å². The van der Waals surface area contributed by atoms with Crippen LogP contribution in [0.15, 0.2) is 66.0 Å². The van der Waals surface area contributed by atoms with E-state index >= 15 is 0 Å². The third-order valence-electron chi connectivity index (χ3n) is 4.73. The number of nitrogens with one attached hydrogen (secondary N) is 2. The van der Waals surface area contributed by atoms with Crippen LogP contribution < -0.4 is 11.1 Å². The van der Waals surface area contributed by atoms with Crippen molar-refractivity contribution in [1.29, 1.82) is 0 Å². The van der Waals surface area contributed by atoms with Gasteiger partial charge in [-0.05, 0) is 42.5 Å². The summed E-state index contributed by atoms with van der Waals surface area (Å²) in [5, 5.41) is 4.35. The van der Waals surface area contributed by atoms with Crippen molar-refractivity contribution in [3.05, 3.63) is 87.9 Å². The number of nitrogens with two attached hydrogens (primary N) is 1. The third kappa shape index (κ3) is 6.51. The Labute approximate surface area is 181 Å². The molecule has 4 N–H and O–H groups in total. The number of hydrogen-bond donors (Lipinski definition) is 3. The van der Waals surface area contributed by atoms with Gasteiger partial charge in [-0.3, -0.25) is 4.99 Å². The predicted octanol–water partition coefficient (Wildman–Crippen LogP) is 4.78. The van der Waals surface area contributed by atoms with E-state index in [0.717, 1.165) is 30.5 Å². The van der Waals surface area contributed by atoms with Gasteiger partial charge < -0.3 is 16.0 Å². The number of benzene rings is 2. The van der Waals surface area contributed by atoms with Crippen LogP contribution in [-0.2, 0) is 6.42 Å². The molecular formula is C22H25Cl2N5. The smallest absolute Gasteiger partial charge is 0.188 e. The Balaban J connectivity index is 1.55. The van der Waals surface area contributed by atoms with E-state index in [0.29, 0.717) is 29.1 Å². The van der Waals surface area contributed by atoms with Crippen LogP contribution in [0, 0.1) is 0 Å². The molecule has 3 aromatic rings. The van der Waals surface area contributed by atoms with Crippen molar-refractivity contribution in [2.75, 3.05) is 13.1 Å². The number of hydrogen-bond acceptors (Lipinski definition) is 2. The summed E-state index contributed by atoms with van der Waals surface area (Å²) in [5.74, 6) is 0.655. The van der Waals surface area contributed by atoms with Gasteiger partial charge in [-0.25, -0.2) is 4.98 Å². The molecule has 1 aromatic heterocycles. The molecule has 7 heteroatoms. The molecule has 0 fully saturated rings. The molecule has 29 heavy (non-hydrogen) atoms. The van der Waals surface area contributed by atoms with E-state index in [1.165, 1.54) is 5.56 Å². The summed E-state index contributed by atoms with van der Waals surface area (Å²) < 4.78 is 0. The van der Waals surface area contributed by atoms with Gasteiger partial charge in [0, 0.05) is 30.9 Å². The monoisotopic (exact) mass is 429 g/mol. The molecule has 0 radical (unpaired) electrons. The lowest BCUT2D eigenvalue weighted by Gasteiger charge is -2.19. The highest BCUT2D eigenvalue weighted by Gasteiger charge is 2.15. The van der Waals surface area contributed by atoms with Gasteiger partial charge in [-0.2, -0.15) is 0 Å². The van der Waals surface area contributed by atoms with Crippen molar-refractivity contribution in [3.63, 3.8) is 0 Å². The topological polar surface area (TPSA) is 79.1 Å². The van der Waals surface area contributed by atoms with E-state index < -0.39 is 0 Å². The molecule has 0 amide bonds. The summed E-state index contributed by atoms with van der Waals surface area (Å²) >= 11 is 12.3. The maximum absolute atomic E-state index is 6.24. The Hall–Kier alpha value is -2.50. The van der Waals surface area contributed by atoms with Gasteiger partial charge in [0.1, 0.15) is 0 Å². The van der Waals surface area contributed by atoms with Gasteiger partial charge in [0.15, 0.2) is 5.96 Å². The quantitative estimate of drug-likeness (QED) is 0.260. The summed E-state index contributed by atoms with van der Waals surface area (Å²) in [4.78, 5) is 11.5. The molecule has 0 saturated heterocycles. The lowest BCUT2D eigenvalue weighted by Crippen LogP contribution is -2.33. The zero-order chi connectivity index (χ0) is 20.5. The first kappa shape index (κ1) is 21.2. The molecule has 0 spiro atoms. The number of aryl methyl sites for hydroxylation is 1. The predicted molar refractivity (Wildman–Crippen MR) is 121 cm³/mol. The second-order valence-electron chi connectivity index (χ2n) is 6.80. The average Bonchev–Trinajstić information content (AvgIpc) is 3.25. The van der Waals surface area contributed by atoms with E-state index in [9.17, 15) is 0 Å². The molecule has 1 atom stereocenters. The first-order valence-electron chi connectivity index (χ1n) is 9.64. The van der Waals surface area contributed by atoms with Gasteiger partial charge >= 0.3 is 0 Å². The number of rotatable bonds is 9. The Morgan fingerprint density at radius 3 is 2.66 bits per heavy atom. The summed E-state index contributed by atoms with van der Waals surface area (Å²) in [6.45, 7) is 1.38. The zero-order valence-corrected chi connectivity index (χ0v) is 17.6. The Morgan fingerprint density at radius 1 is 1.10 bits per heavy atom. The molecule has 152 valence electrons. The number of guanidine groups is 1. The standard InChI is InChI=1S/C22H25Cl2N5/c23-20-9-8-17(13-21(20)24)19(16-5-2-1-3-6-16)10-12-28-22(25)27-11-4-7-18-14-26-15-29-18/h1-3,5-6,8-9,13-15,19H,4,7,10-12H2,(H,26,29)(H3,25,27,28). The number of halogens is 2. The fraction of sp³-hybridized carbons (Fsp3) is 0.273. The molecule has 0 aliphatic heterocycles. The molecule has 3 rings (SSSR count). The summed E-state index contributed by atoms with van der Waals surface area (Å²) in [6.07, 6.45) is 6.20. The van der Waals surface area contributed by atoms with E-state index in [2.05, 4.69) is 32.4 Å². The van der Waals surface area contributed by atoms with Crippen molar-refractivity contribution in [2.24, 2.45) is 10.7 Å². The van der Waals surface area contributed by atoms with Crippen LogP contribution in [0.3, 0.4) is 0 Å². The number of aliphatic imine (C=N–C) groups is 1. The van der Waals surface area contributed by atoms with Crippen LogP contribution in [0.5, 0.6) is 0 Å². The van der Waals surface area contributed by atoms with Crippen molar-refractivity contribution >= 4 is 29.2 Å². The van der Waals surface area contributed by atoms with Crippen LogP contribution >= 0.6 is 23.2 Å². The van der Waals surface area contributed by atoms with Gasteiger partial charge in [-0.1, -0.05) is 59.6 Å². The van der Waals surface area contributed by atoms with Crippen LogP contribution in [0.2, 0.25) is 10.0 Å². The van der Waals surface area contributed by atoms with E-state index in [1.54, 1.807) is 6.33 Å². The number of aromatic nitrogens is 2. The molecule has 2 aromatic carbocycles. The largest absolute Gasteiger partial charge is 0.370 e. The molecule has 1 heterocycles. The molecular weight excluding hydrogens is 405 g/mol. The highest BCUT2D eigenvalue weighted by Crippen LogP contribution is 2.32. The third-order valence-corrected chi connectivity index (χ3v) is 5.47. The highest BCUT2D eigenvalue weighted by atomic mass is 35.5. The van der Waals surface area contributed by atoms with Crippen LogP contribution in [-0.4, -0.2) is 29.0 Å². The number of nitrogens with zero attached hydrogens (tertiary/aromatic N) is 2. The van der Waals surface area contributed by atoms with Crippen LogP contribution in [0.1, 0.15) is 35.6 Å². The minimum Gasteiger partial charge on any atom is -0.370 e. The van der Waals surface area contributed by atoms with Crippen molar-refractivity contribution in [1.82, 2.24) is 15.3 Å². The van der Waals surface area contributed by atoms with Gasteiger partial charge in [0.05, 0.1) is 16.4 Å². The van der Waals surface area contributed by atoms with E-state index in [1.807, 2.05) is 42.6 Å². The first-order valence-corrected chi connectivity index (χ1v) is 10.4. The highest BCUT2D eigenvalue weighted by molar-refractivity contribution is 6.42. The SMILES string of the molecule is NC(=NCCCc1cnc[nH]1)NCCC(c1ccccc1)c1ccc(Cl)c(Cl)c1. The molecule has 5 nitrogen and oxygen atoms in total. The maximum atomic E-state index is 6.24. The minimum atomic E-state index is 0.187. The summed E-state index contributed by atoms with van der Waals surface area (Å²) in [5.41, 5.74) is 9.48. The fourth-order valence-corrected chi connectivity index (χ4v) is 3.54. The van der Waals surface area contributed by atoms with Gasteiger partial charge in [-0.15, -0.1) is 0 Å². The van der Waals surface area contributed by atoms with Crippen LogP contribution in [0.4, 0.5) is 0 Å². The Bertz CT molecular complexity index is 910. The number of H-pyrrole nitrogens is 1. The van der Waals surface area contributed by atoms with Crippen molar-refractivity contribution in [3.8, 4) is 0 Å². The molecule has 0 saturated carbocycles. The second kappa shape index (κ2) is 10.9. The number of imidazole rings is 1. The zero-order valence-electron chi connectivity index (χ0n) is 16.1. The minimum absolute atomic E-state index is 0.187. The molecule has 0 aliphatic carbocycles. The Morgan fingerprint density at radius 2 is 1.93 bits per heavy atom. The van der Waals surface area contributed by atoms with E-state index in [4.69, 9.17) is 28.9 Å². The fourth-order valence-electron chi connectivity index (χ4n) is 3.23. The first-order chi connectivity index (χ1) is 14.1. The van der Waals surface area contributed by atoms with Crippen molar-refractivity contribution in [2.45, 2.75) is 25.2 Å². The maximum Gasteiger partial charge on any atom is 0.188 e. The lowest BCUT2D eigenvalue weighted by atomic mass is 9.88. The second-order valence-corrected chi connectivity index (χ2v) is 7.61. The van der Waals surface area contributed by atoms with Gasteiger partial charge in [0.2, 0.25) is 0 Å². The van der Waals surface area contributed by atoms with Crippen LogP contribution in [0.25, 0.3) is 0 Å². The average molecular weight is 430 g/mol. The molecule has 0 aliphatic rings. The molecule has 1 unspecified atom stereocenters.